The van der Waals surface area contributed by atoms with Gasteiger partial charge in [-0.15, -0.1) is 0 Å². The van der Waals surface area contributed by atoms with Crippen LogP contribution < -0.4 is 16.4 Å². The largest absolute Gasteiger partial charge is 0.435 e. The van der Waals surface area contributed by atoms with Gasteiger partial charge in [0.1, 0.15) is 0 Å². The van der Waals surface area contributed by atoms with Crippen LogP contribution in [0.5, 0.6) is 0 Å². The number of carbonyl (C=O) groups is 2. The van der Waals surface area contributed by atoms with Crippen LogP contribution in [0.25, 0.3) is 16.9 Å². The molecule has 0 unspecified atom stereocenters. The lowest BCUT2D eigenvalue weighted by Crippen LogP contribution is -2.53. The normalized spacial score (nSPS) is 14.0. The Morgan fingerprint density at radius 3 is 2.58 bits per heavy atom. The van der Waals surface area contributed by atoms with E-state index in [0.717, 1.165) is 6.20 Å². The third kappa shape index (κ3) is 5.37. The molecule has 3 amide bonds. The Labute approximate surface area is 230 Å². The maximum absolute atomic E-state index is 13.4. The molecule has 5 N–H and O–H groups in total. The van der Waals surface area contributed by atoms with Gasteiger partial charge in [-0.25, -0.2) is 14.8 Å². The Morgan fingerprint density at radius 2 is 1.88 bits per heavy atom. The number of nitrogens with two attached hydrogens (primary N) is 1. The molecule has 1 aliphatic rings. The third-order valence-electron chi connectivity index (χ3n) is 6.35. The lowest BCUT2D eigenvalue weighted by molar-refractivity contribution is -0.140. The van der Waals surface area contributed by atoms with Gasteiger partial charge < -0.3 is 26.2 Å². The molecule has 1 aliphatic heterocycles. The third-order valence-corrected chi connectivity index (χ3v) is 6.66. The fraction of sp³-hybridized carbons (Fsp3) is 0.292. The summed E-state index contributed by atoms with van der Waals surface area (Å²) in [5, 5.41) is 11.6. The molecule has 5 rings (SSSR count). The van der Waals surface area contributed by atoms with Gasteiger partial charge >= 0.3 is 12.2 Å². The zero-order chi connectivity index (χ0) is 28.4. The van der Waals surface area contributed by atoms with Crippen LogP contribution in [0.1, 0.15) is 16.1 Å². The van der Waals surface area contributed by atoms with Gasteiger partial charge in [-0.05, 0) is 18.2 Å². The van der Waals surface area contributed by atoms with Crippen LogP contribution >= 0.6 is 11.6 Å². The number of hydrogen-bond donors (Lipinski definition) is 4. The number of H-pyrrole nitrogens is 1. The number of imidazole rings is 1. The number of fused-ring (bicyclic) bond motifs is 1. The van der Waals surface area contributed by atoms with E-state index in [1.54, 1.807) is 28.0 Å². The molecule has 4 heterocycles. The summed E-state index contributed by atoms with van der Waals surface area (Å²) in [6, 6.07) is 4.55. The van der Waals surface area contributed by atoms with E-state index in [1.807, 2.05) is 0 Å². The van der Waals surface area contributed by atoms with E-state index in [1.165, 1.54) is 23.0 Å². The average molecular weight is 577 g/mol. The first-order chi connectivity index (χ1) is 19.2. The molecule has 0 aliphatic carbocycles. The quantitative estimate of drug-likeness (QED) is 0.276. The minimum absolute atomic E-state index is 0.153. The molecule has 16 heteroatoms. The summed E-state index contributed by atoms with van der Waals surface area (Å²) in [6.07, 6.45) is 0.732. The fourth-order valence-corrected chi connectivity index (χ4v) is 4.65. The van der Waals surface area contributed by atoms with Gasteiger partial charge in [0.15, 0.2) is 17.2 Å². The van der Waals surface area contributed by atoms with Crippen molar-refractivity contribution >= 4 is 40.7 Å². The van der Waals surface area contributed by atoms with Crippen LogP contribution in [0, 0.1) is 0 Å². The fourth-order valence-electron chi connectivity index (χ4n) is 4.38. The van der Waals surface area contributed by atoms with E-state index >= 15 is 0 Å². The van der Waals surface area contributed by atoms with Crippen molar-refractivity contribution in [3.05, 3.63) is 59.3 Å². The second-order valence-corrected chi connectivity index (χ2v) is 9.28. The van der Waals surface area contributed by atoms with Crippen LogP contribution in [0.2, 0.25) is 5.02 Å². The Bertz CT molecular complexity index is 1550. The van der Waals surface area contributed by atoms with E-state index < -0.39 is 11.9 Å². The number of nitrogens with zero attached hydrogens (tertiary/aromatic N) is 6. The molecule has 1 saturated heterocycles. The lowest BCUT2D eigenvalue weighted by atomic mass is 10.1. The maximum atomic E-state index is 13.4. The molecule has 1 aromatic carbocycles. The lowest BCUT2D eigenvalue weighted by Gasteiger charge is -2.34. The Morgan fingerprint density at radius 1 is 1.12 bits per heavy atom. The van der Waals surface area contributed by atoms with Crippen LogP contribution in [0.3, 0.4) is 0 Å². The summed E-state index contributed by atoms with van der Waals surface area (Å²) < 4.78 is 41.6. The summed E-state index contributed by atoms with van der Waals surface area (Å²) >= 11 is 6.46. The molecule has 0 spiro atoms. The first kappa shape index (κ1) is 27.2. The van der Waals surface area contributed by atoms with Gasteiger partial charge in [0.05, 0.1) is 28.0 Å². The Kier molecular flexibility index (Phi) is 7.49. The number of aromatic amines is 1. The monoisotopic (exact) mass is 576 g/mol. The Hall–Kier alpha value is -4.37. The van der Waals surface area contributed by atoms with E-state index in [0.29, 0.717) is 50.5 Å². The molecule has 0 radical (unpaired) electrons. The van der Waals surface area contributed by atoms with Crippen molar-refractivity contribution in [2.45, 2.75) is 6.18 Å². The van der Waals surface area contributed by atoms with E-state index in [2.05, 4.69) is 30.8 Å². The first-order valence-corrected chi connectivity index (χ1v) is 12.6. The van der Waals surface area contributed by atoms with Gasteiger partial charge in [0.2, 0.25) is 0 Å². The van der Waals surface area contributed by atoms with E-state index in [9.17, 15) is 22.8 Å². The number of halogens is 4. The van der Waals surface area contributed by atoms with Crippen molar-refractivity contribution in [2.24, 2.45) is 5.73 Å². The molecule has 0 atom stereocenters. The van der Waals surface area contributed by atoms with Gasteiger partial charge in [0.25, 0.3) is 5.91 Å². The maximum Gasteiger partial charge on any atom is 0.435 e. The smallest absolute Gasteiger partial charge is 0.337 e. The number of alkyl halides is 3. The first-order valence-electron chi connectivity index (χ1n) is 12.2. The topological polar surface area (TPSA) is 150 Å². The molecular weight excluding hydrogens is 553 g/mol. The highest BCUT2D eigenvalue weighted by molar-refractivity contribution is 6.34. The predicted molar refractivity (Wildman–Crippen MR) is 140 cm³/mol. The van der Waals surface area contributed by atoms with Gasteiger partial charge in [0, 0.05) is 63.5 Å². The summed E-state index contributed by atoms with van der Waals surface area (Å²) in [7, 11) is 0. The molecule has 0 bridgehead atoms. The highest BCUT2D eigenvalue weighted by Gasteiger charge is 2.37. The number of amides is 3. The number of rotatable bonds is 6. The van der Waals surface area contributed by atoms with Gasteiger partial charge in [-0.2, -0.15) is 18.3 Å². The highest BCUT2D eigenvalue weighted by atomic mass is 35.5. The van der Waals surface area contributed by atoms with Gasteiger partial charge in [-0.1, -0.05) is 11.6 Å². The molecule has 3 aromatic heterocycles. The standard InChI is InChI=1S/C24H24ClF3N10O2/c25-17-11-14(1-2-15(17)22(39)36-7-9-37(10-8-36)23(40)31-4-3-29)34-20-21-32-13-18(38(21)6-5-30-20)16-12-33-35-19(16)24(26,27)28/h1-2,5-6,11-13H,3-4,7-10,29H2,(H,30,34)(H,31,40)(H,33,35). The zero-order valence-electron chi connectivity index (χ0n) is 20.9. The summed E-state index contributed by atoms with van der Waals surface area (Å²) in [4.78, 5) is 37.0. The van der Waals surface area contributed by atoms with Crippen LogP contribution in [-0.2, 0) is 6.18 Å². The van der Waals surface area contributed by atoms with Crippen molar-refractivity contribution in [3.8, 4) is 11.3 Å². The van der Waals surface area contributed by atoms with E-state index in [4.69, 9.17) is 17.3 Å². The molecular formula is C24H24ClF3N10O2. The second kappa shape index (κ2) is 11.0. The molecule has 210 valence electrons. The number of benzene rings is 1. The number of carbonyl (C=O) groups excluding carboxylic acids is 2. The summed E-state index contributed by atoms with van der Waals surface area (Å²) in [5.41, 5.74) is 5.45. The zero-order valence-corrected chi connectivity index (χ0v) is 21.6. The SMILES string of the molecule is NCCNC(=O)N1CCN(C(=O)c2ccc(Nc3nccn4c(-c5c[nH]nc5C(F)(F)F)cnc34)cc2Cl)CC1. The molecule has 1 fully saturated rings. The summed E-state index contributed by atoms with van der Waals surface area (Å²) in [6.45, 7) is 2.19. The molecule has 4 aromatic rings. The van der Waals surface area contributed by atoms with Crippen LogP contribution in [0.15, 0.2) is 43.0 Å². The van der Waals surface area contributed by atoms with Crippen molar-refractivity contribution in [2.75, 3.05) is 44.6 Å². The van der Waals surface area contributed by atoms with Crippen molar-refractivity contribution < 1.29 is 22.8 Å². The number of nitrogens with one attached hydrogen (secondary N) is 3. The summed E-state index contributed by atoms with van der Waals surface area (Å²) in [5.74, 6) is 0.00209. The Balaban J connectivity index is 1.30. The van der Waals surface area contributed by atoms with E-state index in [-0.39, 0.29) is 39.7 Å². The van der Waals surface area contributed by atoms with Crippen LogP contribution in [0.4, 0.5) is 29.5 Å². The number of urea groups is 1. The number of hydrogen-bond acceptors (Lipinski definition) is 7. The van der Waals surface area contributed by atoms with Crippen molar-refractivity contribution in [1.82, 2.24) is 39.7 Å². The van der Waals surface area contributed by atoms with Crippen molar-refractivity contribution in [1.29, 1.82) is 0 Å². The number of piperazine rings is 1. The molecule has 40 heavy (non-hydrogen) atoms. The minimum atomic E-state index is -4.64. The number of anilines is 2. The minimum Gasteiger partial charge on any atom is -0.337 e. The average Bonchev–Trinajstić information content (AvgIpc) is 3.59. The molecule has 12 nitrogen and oxygen atoms in total. The van der Waals surface area contributed by atoms with Crippen molar-refractivity contribution in [3.63, 3.8) is 0 Å². The van der Waals surface area contributed by atoms with Crippen LogP contribution in [-0.4, -0.2) is 85.6 Å². The van der Waals surface area contributed by atoms with Gasteiger partial charge in [-0.3, -0.25) is 14.3 Å². The number of aromatic nitrogens is 5. The second-order valence-electron chi connectivity index (χ2n) is 8.88. The predicted octanol–water partition coefficient (Wildman–Crippen LogP) is 2.96. The molecule has 0 saturated carbocycles. The highest BCUT2D eigenvalue weighted by Crippen LogP contribution is 2.36.